The summed E-state index contributed by atoms with van der Waals surface area (Å²) in [7, 11) is 0. The lowest BCUT2D eigenvalue weighted by Crippen LogP contribution is -2.28. The van der Waals surface area contributed by atoms with Crippen LogP contribution in [0.3, 0.4) is 0 Å². The normalized spacial score (nSPS) is 12.5. The first-order valence-electron chi connectivity index (χ1n) is 9.41. The highest BCUT2D eigenvalue weighted by Gasteiger charge is 2.41. The second kappa shape index (κ2) is 8.14. The van der Waals surface area contributed by atoms with Crippen LogP contribution >= 0.6 is 0 Å². The average molecular weight is 426 g/mol. The molecule has 4 rings (SSSR count). The Balaban J connectivity index is 1.64. The number of anilines is 3. The van der Waals surface area contributed by atoms with E-state index in [9.17, 15) is 17.6 Å². The van der Waals surface area contributed by atoms with Crippen molar-refractivity contribution < 1.29 is 17.6 Å². The highest BCUT2D eigenvalue weighted by Crippen LogP contribution is 2.37. The van der Waals surface area contributed by atoms with Crippen LogP contribution in [0, 0.1) is 11.2 Å². The lowest BCUT2D eigenvalue weighted by Gasteiger charge is -2.24. The Labute approximate surface area is 175 Å². The average Bonchev–Trinajstić information content (AvgIpc) is 3.21. The molecule has 0 saturated carbocycles. The molecule has 3 aromatic carbocycles. The number of aromatic amines is 1. The topological polar surface area (TPSA) is 63.7 Å². The summed E-state index contributed by atoms with van der Waals surface area (Å²) in [6.45, 7) is 0. The predicted octanol–water partition coefficient (Wildman–Crippen LogP) is 6.76. The van der Waals surface area contributed by atoms with Crippen LogP contribution in [0.15, 0.2) is 72.9 Å². The van der Waals surface area contributed by atoms with Gasteiger partial charge in [0.05, 0.1) is 0 Å². The van der Waals surface area contributed by atoms with Gasteiger partial charge in [0.15, 0.2) is 0 Å². The van der Waals surface area contributed by atoms with Crippen LogP contribution in [0.1, 0.15) is 17.2 Å². The number of fused-ring (bicyclic) bond motifs is 1. The van der Waals surface area contributed by atoms with Crippen molar-refractivity contribution in [1.29, 1.82) is 5.41 Å². The molecule has 0 radical (unpaired) electrons. The van der Waals surface area contributed by atoms with E-state index in [4.69, 9.17) is 5.41 Å². The number of H-pyrrole nitrogens is 1. The second-order valence-electron chi connectivity index (χ2n) is 7.02. The number of aromatic nitrogens is 1. The maximum atomic E-state index is 13.9. The standard InChI is InChI=1S/C23H18F4N4/c24-17-3-6-18(7-4-17)30-20-8-2-15(11-16(20)13-28)22(23(25,26)27)31-19-5-1-14-9-10-29-21(14)12-19/h1-13,22,28-31H. The van der Waals surface area contributed by atoms with Gasteiger partial charge in [-0.2, -0.15) is 13.2 Å². The summed E-state index contributed by atoms with van der Waals surface area (Å²) in [6, 6.07) is 14.5. The molecular weight excluding hydrogens is 408 g/mol. The fraction of sp³-hybridized carbons (Fsp3) is 0.0870. The van der Waals surface area contributed by atoms with E-state index in [1.54, 1.807) is 24.4 Å². The first-order valence-corrected chi connectivity index (χ1v) is 9.41. The van der Waals surface area contributed by atoms with Crippen LogP contribution in [-0.4, -0.2) is 17.4 Å². The third-order valence-corrected chi connectivity index (χ3v) is 4.88. The van der Waals surface area contributed by atoms with Gasteiger partial charge < -0.3 is 21.0 Å². The fourth-order valence-electron chi connectivity index (χ4n) is 3.34. The van der Waals surface area contributed by atoms with E-state index in [-0.39, 0.29) is 11.1 Å². The molecule has 1 aromatic heterocycles. The molecule has 0 amide bonds. The lowest BCUT2D eigenvalue weighted by molar-refractivity contribution is -0.144. The van der Waals surface area contributed by atoms with E-state index in [0.717, 1.165) is 17.1 Å². The lowest BCUT2D eigenvalue weighted by atomic mass is 10.0. The zero-order chi connectivity index (χ0) is 22.0. The molecule has 158 valence electrons. The molecule has 8 heteroatoms. The van der Waals surface area contributed by atoms with Crippen LogP contribution in [-0.2, 0) is 0 Å². The molecule has 31 heavy (non-hydrogen) atoms. The molecule has 4 N–H and O–H groups in total. The monoisotopic (exact) mass is 426 g/mol. The Kier molecular flexibility index (Phi) is 5.37. The van der Waals surface area contributed by atoms with Crippen molar-refractivity contribution >= 4 is 34.2 Å². The van der Waals surface area contributed by atoms with Gasteiger partial charge in [-0.1, -0.05) is 12.1 Å². The van der Waals surface area contributed by atoms with Crippen molar-refractivity contribution in [3.63, 3.8) is 0 Å². The van der Waals surface area contributed by atoms with Gasteiger partial charge in [0.1, 0.15) is 11.9 Å². The molecular formula is C23H18F4N4. The van der Waals surface area contributed by atoms with Gasteiger partial charge in [0, 0.05) is 40.6 Å². The van der Waals surface area contributed by atoms with Crippen molar-refractivity contribution in [2.75, 3.05) is 10.6 Å². The van der Waals surface area contributed by atoms with E-state index in [2.05, 4.69) is 15.6 Å². The first-order chi connectivity index (χ1) is 14.8. The van der Waals surface area contributed by atoms with Crippen LogP contribution in [0.2, 0.25) is 0 Å². The minimum Gasteiger partial charge on any atom is -0.370 e. The molecule has 1 atom stereocenters. The maximum Gasteiger partial charge on any atom is 0.412 e. The van der Waals surface area contributed by atoms with Crippen molar-refractivity contribution in [3.8, 4) is 0 Å². The summed E-state index contributed by atoms with van der Waals surface area (Å²) in [6.07, 6.45) is -1.86. The molecule has 0 fully saturated rings. The number of hydrogen-bond donors (Lipinski definition) is 4. The fourth-order valence-corrected chi connectivity index (χ4v) is 3.34. The number of hydrogen-bond acceptors (Lipinski definition) is 3. The molecule has 0 aliphatic carbocycles. The first kappa shape index (κ1) is 20.5. The summed E-state index contributed by atoms with van der Waals surface area (Å²) in [4.78, 5) is 2.98. The molecule has 0 aliphatic heterocycles. The van der Waals surface area contributed by atoms with Crippen LogP contribution < -0.4 is 10.6 Å². The summed E-state index contributed by atoms with van der Waals surface area (Å²) in [5.74, 6) is -0.398. The van der Waals surface area contributed by atoms with Crippen LogP contribution in [0.25, 0.3) is 10.9 Å². The summed E-state index contributed by atoms with van der Waals surface area (Å²) >= 11 is 0. The SMILES string of the molecule is N=Cc1cc(C(Nc2ccc3cc[nH]c3c2)C(F)(F)F)ccc1Nc1ccc(F)cc1. The van der Waals surface area contributed by atoms with Gasteiger partial charge in [0.25, 0.3) is 0 Å². The minimum atomic E-state index is -4.56. The van der Waals surface area contributed by atoms with E-state index >= 15 is 0 Å². The smallest absolute Gasteiger partial charge is 0.370 e. The third-order valence-electron chi connectivity index (χ3n) is 4.88. The summed E-state index contributed by atoms with van der Waals surface area (Å²) in [5, 5.41) is 14.1. The molecule has 1 unspecified atom stereocenters. The highest BCUT2D eigenvalue weighted by atomic mass is 19.4. The van der Waals surface area contributed by atoms with Gasteiger partial charge in [0.2, 0.25) is 0 Å². The summed E-state index contributed by atoms with van der Waals surface area (Å²) < 4.78 is 54.8. The molecule has 4 aromatic rings. The zero-order valence-corrected chi connectivity index (χ0v) is 16.1. The molecule has 4 nitrogen and oxygen atoms in total. The number of halogens is 4. The van der Waals surface area contributed by atoms with Crippen molar-refractivity contribution in [3.05, 3.63) is 89.9 Å². The Hall–Kier alpha value is -3.81. The Morgan fingerprint density at radius 2 is 1.65 bits per heavy atom. The number of rotatable bonds is 6. The second-order valence-corrected chi connectivity index (χ2v) is 7.02. The van der Waals surface area contributed by atoms with Crippen LogP contribution in [0.5, 0.6) is 0 Å². The number of benzene rings is 3. The van der Waals surface area contributed by atoms with Crippen LogP contribution in [0.4, 0.5) is 34.6 Å². The molecule has 0 bridgehead atoms. The minimum absolute atomic E-state index is 0.0257. The third kappa shape index (κ3) is 4.53. The van der Waals surface area contributed by atoms with E-state index in [1.165, 1.54) is 42.5 Å². The molecule has 0 aliphatic rings. The Bertz CT molecular complexity index is 1210. The van der Waals surface area contributed by atoms with E-state index < -0.39 is 18.0 Å². The maximum absolute atomic E-state index is 13.9. The largest absolute Gasteiger partial charge is 0.412 e. The number of alkyl halides is 3. The van der Waals surface area contributed by atoms with Gasteiger partial charge in [-0.3, -0.25) is 0 Å². The summed E-state index contributed by atoms with van der Waals surface area (Å²) in [5.41, 5.74) is 2.30. The van der Waals surface area contributed by atoms with Crippen molar-refractivity contribution in [2.45, 2.75) is 12.2 Å². The molecule has 1 heterocycles. The quantitative estimate of drug-likeness (QED) is 0.203. The van der Waals surface area contributed by atoms with Crippen molar-refractivity contribution in [1.82, 2.24) is 4.98 Å². The van der Waals surface area contributed by atoms with Gasteiger partial charge in [-0.25, -0.2) is 4.39 Å². The zero-order valence-electron chi connectivity index (χ0n) is 16.1. The predicted molar refractivity (Wildman–Crippen MR) is 115 cm³/mol. The molecule has 0 saturated heterocycles. The van der Waals surface area contributed by atoms with Gasteiger partial charge in [-0.05, 0) is 65.5 Å². The number of nitrogens with one attached hydrogen (secondary N) is 4. The molecule has 0 spiro atoms. The van der Waals surface area contributed by atoms with E-state index in [0.29, 0.717) is 17.1 Å². The van der Waals surface area contributed by atoms with Crippen molar-refractivity contribution in [2.24, 2.45) is 0 Å². The van der Waals surface area contributed by atoms with Gasteiger partial charge in [-0.15, -0.1) is 0 Å². The van der Waals surface area contributed by atoms with E-state index in [1.807, 2.05) is 6.07 Å². The Morgan fingerprint density at radius 3 is 2.35 bits per heavy atom. The highest BCUT2D eigenvalue weighted by molar-refractivity contribution is 5.88. The van der Waals surface area contributed by atoms with Gasteiger partial charge >= 0.3 is 6.18 Å². The Morgan fingerprint density at radius 1 is 0.903 bits per heavy atom.